The molecule has 0 radical (unpaired) electrons. The van der Waals surface area contributed by atoms with Crippen LogP contribution in [0.1, 0.15) is 31.3 Å². The standard InChI is InChI=1S/C15H25N3O/c1-2-16-10-14-5-6-15(19-14)12-17-8-9-18-7-3-4-13(18)11-17/h5-6,13,16H,2-4,7-12H2,1H3. The van der Waals surface area contributed by atoms with E-state index in [-0.39, 0.29) is 0 Å². The van der Waals surface area contributed by atoms with Gasteiger partial charge in [0.2, 0.25) is 0 Å². The molecule has 1 aromatic rings. The molecule has 19 heavy (non-hydrogen) atoms. The van der Waals surface area contributed by atoms with E-state index in [2.05, 4.69) is 34.2 Å². The quantitative estimate of drug-likeness (QED) is 0.875. The van der Waals surface area contributed by atoms with E-state index in [9.17, 15) is 0 Å². The summed E-state index contributed by atoms with van der Waals surface area (Å²) in [5.41, 5.74) is 0. The molecule has 0 aromatic carbocycles. The van der Waals surface area contributed by atoms with Gasteiger partial charge in [-0.05, 0) is 38.1 Å². The summed E-state index contributed by atoms with van der Waals surface area (Å²) in [6, 6.07) is 5.03. The van der Waals surface area contributed by atoms with E-state index in [1.54, 1.807) is 0 Å². The van der Waals surface area contributed by atoms with E-state index in [0.717, 1.165) is 37.2 Å². The number of nitrogens with zero attached hydrogens (tertiary/aromatic N) is 2. The summed E-state index contributed by atoms with van der Waals surface area (Å²) in [5.74, 6) is 2.16. The topological polar surface area (TPSA) is 31.6 Å². The van der Waals surface area contributed by atoms with Crippen molar-refractivity contribution in [3.8, 4) is 0 Å². The van der Waals surface area contributed by atoms with Crippen molar-refractivity contribution < 1.29 is 4.42 Å². The number of hydrogen-bond donors (Lipinski definition) is 1. The first kappa shape index (κ1) is 13.2. The highest BCUT2D eigenvalue weighted by atomic mass is 16.3. The molecule has 0 aliphatic carbocycles. The zero-order chi connectivity index (χ0) is 13.1. The van der Waals surface area contributed by atoms with Crippen molar-refractivity contribution in [2.75, 3.05) is 32.7 Å². The third-order valence-electron chi connectivity index (χ3n) is 4.32. The van der Waals surface area contributed by atoms with Crippen LogP contribution < -0.4 is 5.32 Å². The molecule has 2 saturated heterocycles. The highest BCUT2D eigenvalue weighted by molar-refractivity contribution is 5.07. The molecule has 0 bridgehead atoms. The van der Waals surface area contributed by atoms with Gasteiger partial charge in [0, 0.05) is 25.7 Å². The highest BCUT2D eigenvalue weighted by Crippen LogP contribution is 2.22. The van der Waals surface area contributed by atoms with Gasteiger partial charge in [-0.1, -0.05) is 6.92 Å². The first-order valence-corrected chi connectivity index (χ1v) is 7.60. The fourth-order valence-electron chi connectivity index (χ4n) is 3.27. The first-order valence-electron chi connectivity index (χ1n) is 7.60. The molecule has 106 valence electrons. The van der Waals surface area contributed by atoms with E-state index in [4.69, 9.17) is 4.42 Å². The Morgan fingerprint density at radius 1 is 1.26 bits per heavy atom. The zero-order valence-corrected chi connectivity index (χ0v) is 11.9. The van der Waals surface area contributed by atoms with Gasteiger partial charge in [-0.3, -0.25) is 9.80 Å². The van der Waals surface area contributed by atoms with Crippen molar-refractivity contribution in [2.24, 2.45) is 0 Å². The minimum absolute atomic E-state index is 0.796. The molecule has 0 amide bonds. The SMILES string of the molecule is CCNCc1ccc(CN2CCN3CCCC3C2)o1. The number of furan rings is 1. The van der Waals surface area contributed by atoms with Crippen molar-refractivity contribution in [3.63, 3.8) is 0 Å². The lowest BCUT2D eigenvalue weighted by Crippen LogP contribution is -2.49. The largest absolute Gasteiger partial charge is 0.463 e. The Morgan fingerprint density at radius 2 is 2.16 bits per heavy atom. The van der Waals surface area contributed by atoms with Crippen LogP contribution in [-0.2, 0) is 13.1 Å². The second-order valence-electron chi connectivity index (χ2n) is 5.72. The predicted octanol–water partition coefficient (Wildman–Crippen LogP) is 1.67. The van der Waals surface area contributed by atoms with Gasteiger partial charge in [0.15, 0.2) is 0 Å². The monoisotopic (exact) mass is 263 g/mol. The molecule has 1 N–H and O–H groups in total. The number of rotatable bonds is 5. The Hall–Kier alpha value is -0.840. The first-order chi connectivity index (χ1) is 9.35. The van der Waals surface area contributed by atoms with Crippen LogP contribution in [-0.4, -0.2) is 48.6 Å². The average Bonchev–Trinajstić information content (AvgIpc) is 3.05. The second-order valence-corrected chi connectivity index (χ2v) is 5.72. The van der Waals surface area contributed by atoms with Gasteiger partial charge in [0.25, 0.3) is 0 Å². The van der Waals surface area contributed by atoms with Gasteiger partial charge < -0.3 is 9.73 Å². The van der Waals surface area contributed by atoms with Crippen LogP contribution >= 0.6 is 0 Å². The summed E-state index contributed by atoms with van der Waals surface area (Å²) in [6.07, 6.45) is 2.76. The molecule has 0 saturated carbocycles. The lowest BCUT2D eigenvalue weighted by atomic mass is 10.1. The van der Waals surface area contributed by atoms with E-state index in [1.807, 2.05) is 0 Å². The van der Waals surface area contributed by atoms with Crippen molar-refractivity contribution in [3.05, 3.63) is 23.7 Å². The summed E-state index contributed by atoms with van der Waals surface area (Å²) >= 11 is 0. The minimum Gasteiger partial charge on any atom is -0.463 e. The maximum atomic E-state index is 5.88. The van der Waals surface area contributed by atoms with E-state index in [0.29, 0.717) is 0 Å². The van der Waals surface area contributed by atoms with E-state index in [1.165, 1.54) is 39.0 Å². The van der Waals surface area contributed by atoms with Crippen molar-refractivity contribution in [1.82, 2.24) is 15.1 Å². The van der Waals surface area contributed by atoms with Crippen LogP contribution in [0.25, 0.3) is 0 Å². The molecule has 1 unspecified atom stereocenters. The average molecular weight is 263 g/mol. The summed E-state index contributed by atoms with van der Waals surface area (Å²) in [6.45, 7) is 9.85. The lowest BCUT2D eigenvalue weighted by molar-refractivity contribution is 0.0937. The number of nitrogens with one attached hydrogen (secondary N) is 1. The molecule has 4 nitrogen and oxygen atoms in total. The smallest absolute Gasteiger partial charge is 0.118 e. The normalized spacial score (nSPS) is 24.8. The maximum Gasteiger partial charge on any atom is 0.118 e. The van der Waals surface area contributed by atoms with Crippen LogP contribution in [0, 0.1) is 0 Å². The Kier molecular flexibility index (Phi) is 4.21. The van der Waals surface area contributed by atoms with Gasteiger partial charge in [0.05, 0.1) is 13.1 Å². The summed E-state index contributed by atoms with van der Waals surface area (Å²) in [5, 5.41) is 3.30. The number of fused-ring (bicyclic) bond motifs is 1. The summed E-state index contributed by atoms with van der Waals surface area (Å²) < 4.78 is 5.88. The van der Waals surface area contributed by atoms with Crippen LogP contribution in [0.4, 0.5) is 0 Å². The maximum absolute atomic E-state index is 5.88. The summed E-state index contributed by atoms with van der Waals surface area (Å²) in [4.78, 5) is 5.19. The molecule has 3 heterocycles. The molecular weight excluding hydrogens is 238 g/mol. The fourth-order valence-corrected chi connectivity index (χ4v) is 3.27. The van der Waals surface area contributed by atoms with Crippen molar-refractivity contribution in [1.29, 1.82) is 0 Å². The summed E-state index contributed by atoms with van der Waals surface area (Å²) in [7, 11) is 0. The number of hydrogen-bond acceptors (Lipinski definition) is 4. The predicted molar refractivity (Wildman–Crippen MR) is 76.0 cm³/mol. The van der Waals surface area contributed by atoms with Gasteiger partial charge >= 0.3 is 0 Å². The molecule has 2 aliphatic rings. The Bertz CT molecular complexity index is 404. The molecule has 1 atom stereocenters. The molecule has 3 rings (SSSR count). The Morgan fingerprint density at radius 3 is 3.05 bits per heavy atom. The van der Waals surface area contributed by atoms with Crippen LogP contribution in [0.5, 0.6) is 0 Å². The zero-order valence-electron chi connectivity index (χ0n) is 11.9. The Labute approximate surface area is 115 Å². The van der Waals surface area contributed by atoms with Gasteiger partial charge in [0.1, 0.15) is 11.5 Å². The highest BCUT2D eigenvalue weighted by Gasteiger charge is 2.30. The lowest BCUT2D eigenvalue weighted by Gasteiger charge is -2.37. The molecule has 2 aliphatic heterocycles. The van der Waals surface area contributed by atoms with Crippen molar-refractivity contribution >= 4 is 0 Å². The van der Waals surface area contributed by atoms with Gasteiger partial charge in [-0.15, -0.1) is 0 Å². The third-order valence-corrected chi connectivity index (χ3v) is 4.32. The molecular formula is C15H25N3O. The second kappa shape index (κ2) is 6.07. The van der Waals surface area contributed by atoms with E-state index >= 15 is 0 Å². The number of piperazine rings is 1. The molecule has 2 fully saturated rings. The Balaban J connectivity index is 1.52. The minimum atomic E-state index is 0.796. The van der Waals surface area contributed by atoms with Gasteiger partial charge in [-0.25, -0.2) is 0 Å². The van der Waals surface area contributed by atoms with Gasteiger partial charge in [-0.2, -0.15) is 0 Å². The van der Waals surface area contributed by atoms with Crippen LogP contribution in [0.15, 0.2) is 16.5 Å². The van der Waals surface area contributed by atoms with Crippen molar-refractivity contribution in [2.45, 2.75) is 38.9 Å². The molecule has 4 heteroatoms. The van der Waals surface area contributed by atoms with E-state index < -0.39 is 0 Å². The van der Waals surface area contributed by atoms with Crippen LogP contribution in [0.2, 0.25) is 0 Å². The van der Waals surface area contributed by atoms with Crippen LogP contribution in [0.3, 0.4) is 0 Å². The fraction of sp³-hybridized carbons (Fsp3) is 0.733. The molecule has 0 spiro atoms. The third kappa shape index (κ3) is 3.19. The molecule has 1 aromatic heterocycles.